The van der Waals surface area contributed by atoms with E-state index in [0.717, 1.165) is 5.56 Å². The number of hydrogen-bond acceptors (Lipinski definition) is 2. The number of hydrogen-bond donors (Lipinski definition) is 0. The van der Waals surface area contributed by atoms with Crippen LogP contribution in [0.25, 0.3) is 0 Å². The third-order valence-electron chi connectivity index (χ3n) is 2.63. The van der Waals surface area contributed by atoms with Crippen molar-refractivity contribution in [2.75, 3.05) is 0 Å². The van der Waals surface area contributed by atoms with Crippen molar-refractivity contribution < 1.29 is 4.39 Å². The van der Waals surface area contributed by atoms with Gasteiger partial charge < -0.3 is 0 Å². The quantitative estimate of drug-likeness (QED) is 0.675. The average molecular weight is 186 g/mol. The molecule has 0 amide bonds. The molecule has 0 N–H and O–H groups in total. The van der Waals surface area contributed by atoms with E-state index >= 15 is 0 Å². The van der Waals surface area contributed by atoms with E-state index in [-0.39, 0.29) is 11.7 Å². The van der Waals surface area contributed by atoms with Gasteiger partial charge in [0.05, 0.1) is 12.1 Å². The van der Waals surface area contributed by atoms with Crippen LogP contribution in [0.4, 0.5) is 4.39 Å². The second-order valence-corrected chi connectivity index (χ2v) is 3.50. The zero-order valence-electron chi connectivity index (χ0n) is 7.37. The Morgan fingerprint density at radius 1 is 1.21 bits per heavy atom. The topological polar surface area (TPSA) is 47.6 Å². The normalized spacial score (nSPS) is 22.1. The predicted octanol–water partition coefficient (Wildman–Crippen LogP) is 2.35. The lowest BCUT2D eigenvalue weighted by Gasteiger charge is -1.98. The van der Waals surface area contributed by atoms with Gasteiger partial charge in [-0.25, -0.2) is 4.39 Å². The molecule has 0 spiro atoms. The van der Waals surface area contributed by atoms with E-state index in [1.165, 1.54) is 12.1 Å². The van der Waals surface area contributed by atoms with E-state index in [9.17, 15) is 4.39 Å². The molecule has 0 saturated heterocycles. The van der Waals surface area contributed by atoms with Crippen LogP contribution >= 0.6 is 0 Å². The van der Waals surface area contributed by atoms with Crippen LogP contribution in [-0.4, -0.2) is 0 Å². The Morgan fingerprint density at radius 2 is 1.79 bits per heavy atom. The molecular formula is C11H7FN2. The Hall–Kier alpha value is -1.87. The Balaban J connectivity index is 2.26. The highest BCUT2D eigenvalue weighted by atomic mass is 19.1. The minimum absolute atomic E-state index is 0.0434. The first-order valence-corrected chi connectivity index (χ1v) is 4.30. The minimum Gasteiger partial charge on any atom is -0.207 e. The van der Waals surface area contributed by atoms with Crippen LogP contribution in [0.5, 0.6) is 0 Å². The van der Waals surface area contributed by atoms with E-state index in [4.69, 9.17) is 10.5 Å². The summed E-state index contributed by atoms with van der Waals surface area (Å²) < 4.78 is 12.6. The molecule has 0 bridgehead atoms. The van der Waals surface area contributed by atoms with Crippen molar-refractivity contribution in [2.24, 2.45) is 5.41 Å². The van der Waals surface area contributed by atoms with Crippen LogP contribution in [0.2, 0.25) is 0 Å². The molecule has 1 aliphatic rings. The van der Waals surface area contributed by atoms with Gasteiger partial charge in [-0.05, 0) is 24.1 Å². The van der Waals surface area contributed by atoms with Crippen molar-refractivity contribution in [3.8, 4) is 12.1 Å². The maximum absolute atomic E-state index is 12.6. The SMILES string of the molecule is N#CC1(C#N)C[C@H]1c1ccc(F)cc1. The van der Waals surface area contributed by atoms with Gasteiger partial charge in [-0.15, -0.1) is 0 Å². The van der Waals surface area contributed by atoms with Gasteiger partial charge in [-0.3, -0.25) is 0 Å². The lowest BCUT2D eigenvalue weighted by atomic mass is 10.0. The summed E-state index contributed by atoms with van der Waals surface area (Å²) in [4.78, 5) is 0. The fourth-order valence-electron chi connectivity index (χ4n) is 1.63. The first-order valence-electron chi connectivity index (χ1n) is 4.30. The van der Waals surface area contributed by atoms with Gasteiger partial charge in [0, 0.05) is 5.92 Å². The first-order chi connectivity index (χ1) is 6.72. The predicted molar refractivity (Wildman–Crippen MR) is 47.4 cm³/mol. The van der Waals surface area contributed by atoms with Gasteiger partial charge in [-0.1, -0.05) is 12.1 Å². The average Bonchev–Trinajstić information content (AvgIpc) is 2.94. The largest absolute Gasteiger partial charge is 0.207 e. The number of nitrogens with zero attached hydrogens (tertiary/aromatic N) is 2. The highest BCUT2D eigenvalue weighted by molar-refractivity contribution is 5.40. The molecular weight excluding hydrogens is 179 g/mol. The molecule has 1 aromatic carbocycles. The van der Waals surface area contributed by atoms with Gasteiger partial charge in [0.1, 0.15) is 5.82 Å². The molecule has 1 aromatic rings. The molecule has 1 saturated carbocycles. The molecule has 3 heteroatoms. The molecule has 1 aliphatic carbocycles. The minimum atomic E-state index is -0.863. The molecule has 68 valence electrons. The van der Waals surface area contributed by atoms with Gasteiger partial charge >= 0.3 is 0 Å². The standard InChI is InChI=1S/C11H7FN2/c12-9-3-1-8(2-4-9)10-5-11(10,6-13)7-14/h1-4,10H,5H2/t10-/m0/s1. The highest BCUT2D eigenvalue weighted by Gasteiger charge is 2.56. The van der Waals surface area contributed by atoms with Gasteiger partial charge in [0.25, 0.3) is 0 Å². The number of halogens is 1. The number of nitriles is 2. The zero-order valence-corrected chi connectivity index (χ0v) is 7.37. The van der Waals surface area contributed by atoms with Gasteiger partial charge in [-0.2, -0.15) is 10.5 Å². The van der Waals surface area contributed by atoms with Crippen molar-refractivity contribution in [1.82, 2.24) is 0 Å². The van der Waals surface area contributed by atoms with Crippen molar-refractivity contribution in [2.45, 2.75) is 12.3 Å². The zero-order chi connectivity index (χ0) is 10.2. The van der Waals surface area contributed by atoms with Crippen LogP contribution in [0.15, 0.2) is 24.3 Å². The molecule has 1 atom stereocenters. The van der Waals surface area contributed by atoms with Gasteiger partial charge in [0.2, 0.25) is 0 Å². The molecule has 0 heterocycles. The maximum Gasteiger partial charge on any atom is 0.151 e. The third kappa shape index (κ3) is 1.15. The molecule has 0 radical (unpaired) electrons. The highest BCUT2D eigenvalue weighted by Crippen LogP contribution is 2.58. The second kappa shape index (κ2) is 2.82. The van der Waals surface area contributed by atoms with Crippen molar-refractivity contribution in [1.29, 1.82) is 10.5 Å². The molecule has 2 nitrogen and oxygen atoms in total. The monoisotopic (exact) mass is 186 g/mol. The van der Waals surface area contributed by atoms with Crippen molar-refractivity contribution in [3.63, 3.8) is 0 Å². The van der Waals surface area contributed by atoms with E-state index in [1.807, 2.05) is 12.1 Å². The van der Waals surface area contributed by atoms with E-state index in [1.54, 1.807) is 12.1 Å². The fourth-order valence-corrected chi connectivity index (χ4v) is 1.63. The molecule has 14 heavy (non-hydrogen) atoms. The molecule has 1 fully saturated rings. The summed E-state index contributed by atoms with van der Waals surface area (Å²) in [6, 6.07) is 10.0. The summed E-state index contributed by atoms with van der Waals surface area (Å²) in [5, 5.41) is 17.6. The Kier molecular flexibility index (Phi) is 1.75. The summed E-state index contributed by atoms with van der Waals surface area (Å²) in [5.41, 5.74) is 0.00664. The molecule has 0 aliphatic heterocycles. The van der Waals surface area contributed by atoms with Crippen LogP contribution < -0.4 is 0 Å². The third-order valence-corrected chi connectivity index (χ3v) is 2.63. The Bertz CT molecular complexity index is 422. The Morgan fingerprint density at radius 3 is 2.21 bits per heavy atom. The van der Waals surface area contributed by atoms with Crippen molar-refractivity contribution >= 4 is 0 Å². The molecule has 2 rings (SSSR count). The maximum atomic E-state index is 12.6. The summed E-state index contributed by atoms with van der Waals surface area (Å²) in [6.45, 7) is 0. The van der Waals surface area contributed by atoms with E-state index in [0.29, 0.717) is 6.42 Å². The van der Waals surface area contributed by atoms with Crippen LogP contribution in [0, 0.1) is 33.9 Å². The summed E-state index contributed by atoms with van der Waals surface area (Å²) in [7, 11) is 0. The van der Waals surface area contributed by atoms with E-state index in [2.05, 4.69) is 0 Å². The fraction of sp³-hybridized carbons (Fsp3) is 0.273. The van der Waals surface area contributed by atoms with Crippen LogP contribution in [0.3, 0.4) is 0 Å². The van der Waals surface area contributed by atoms with Crippen molar-refractivity contribution in [3.05, 3.63) is 35.6 Å². The van der Waals surface area contributed by atoms with Crippen LogP contribution in [-0.2, 0) is 0 Å². The van der Waals surface area contributed by atoms with E-state index < -0.39 is 5.41 Å². The number of rotatable bonds is 1. The van der Waals surface area contributed by atoms with Crippen LogP contribution in [0.1, 0.15) is 17.9 Å². The summed E-state index contributed by atoms with van der Waals surface area (Å²) in [6.07, 6.45) is 0.561. The summed E-state index contributed by atoms with van der Waals surface area (Å²) >= 11 is 0. The molecule has 0 unspecified atom stereocenters. The lowest BCUT2D eigenvalue weighted by molar-refractivity contribution is 0.626. The lowest BCUT2D eigenvalue weighted by Crippen LogP contribution is -1.95. The first kappa shape index (κ1) is 8.72. The Labute approximate surface area is 81.2 Å². The summed E-state index contributed by atoms with van der Waals surface area (Å²) in [5.74, 6) is -0.341. The van der Waals surface area contributed by atoms with Gasteiger partial charge in [0.15, 0.2) is 5.41 Å². The molecule has 0 aromatic heterocycles. The smallest absolute Gasteiger partial charge is 0.151 e. The second-order valence-electron chi connectivity index (χ2n) is 3.50. The number of benzene rings is 1.